The van der Waals surface area contributed by atoms with Gasteiger partial charge in [-0.1, -0.05) is 49.4 Å². The molecule has 1 amide bonds. The van der Waals surface area contributed by atoms with Gasteiger partial charge in [0, 0.05) is 13.1 Å². The first-order valence-electron chi connectivity index (χ1n) is 9.42. The van der Waals surface area contributed by atoms with Crippen molar-refractivity contribution in [2.45, 2.75) is 20.0 Å². The maximum atomic E-state index is 12.5. The van der Waals surface area contributed by atoms with Crippen LogP contribution >= 0.6 is 0 Å². The second-order valence-electron chi connectivity index (χ2n) is 7.18. The number of aliphatic carboxylic acids is 1. The zero-order chi connectivity index (χ0) is 19.9. The van der Waals surface area contributed by atoms with Crippen LogP contribution in [0.3, 0.4) is 0 Å². The average Bonchev–Trinajstić information content (AvgIpc) is 2.71. The number of amides is 1. The standard InChI is InChI=1S/C22H25NO5/c1-16-11-18(22(25)26)13-23(12-16)21(24)15-28-20-10-6-5-9-19(20)27-14-17-7-3-2-4-8-17/h2-10,16,18H,11-15H2,1H3,(H,25,26). The monoisotopic (exact) mass is 383 g/mol. The van der Waals surface area contributed by atoms with Crippen LogP contribution in [0.25, 0.3) is 0 Å². The molecule has 0 aromatic heterocycles. The Morgan fingerprint density at radius 3 is 2.32 bits per heavy atom. The number of hydrogen-bond acceptors (Lipinski definition) is 4. The van der Waals surface area contributed by atoms with E-state index in [9.17, 15) is 14.7 Å². The van der Waals surface area contributed by atoms with E-state index >= 15 is 0 Å². The van der Waals surface area contributed by atoms with Gasteiger partial charge in [-0.3, -0.25) is 9.59 Å². The molecular weight excluding hydrogens is 358 g/mol. The number of carboxylic acids is 1. The number of ether oxygens (including phenoxy) is 2. The number of carbonyl (C=O) groups is 2. The summed E-state index contributed by atoms with van der Waals surface area (Å²) in [4.78, 5) is 25.4. The molecule has 28 heavy (non-hydrogen) atoms. The molecule has 0 spiro atoms. The number of piperidine rings is 1. The molecule has 1 aliphatic rings. The van der Waals surface area contributed by atoms with E-state index in [4.69, 9.17) is 9.47 Å². The third kappa shape index (κ3) is 5.25. The summed E-state index contributed by atoms with van der Waals surface area (Å²) in [6.45, 7) is 3.00. The van der Waals surface area contributed by atoms with Gasteiger partial charge in [0.2, 0.25) is 0 Å². The van der Waals surface area contributed by atoms with Crippen molar-refractivity contribution in [1.82, 2.24) is 4.90 Å². The predicted octanol–water partition coefficient (Wildman–Crippen LogP) is 3.21. The van der Waals surface area contributed by atoms with E-state index in [0.29, 0.717) is 31.1 Å². The van der Waals surface area contributed by atoms with Crippen LogP contribution in [0.15, 0.2) is 54.6 Å². The van der Waals surface area contributed by atoms with Crippen LogP contribution in [0.1, 0.15) is 18.9 Å². The summed E-state index contributed by atoms with van der Waals surface area (Å²) >= 11 is 0. The van der Waals surface area contributed by atoms with Crippen LogP contribution in [-0.2, 0) is 16.2 Å². The molecule has 0 saturated carbocycles. The van der Waals surface area contributed by atoms with Crippen LogP contribution < -0.4 is 9.47 Å². The van der Waals surface area contributed by atoms with Crippen LogP contribution in [0.5, 0.6) is 11.5 Å². The first-order chi connectivity index (χ1) is 13.5. The Bertz CT molecular complexity index is 808. The molecule has 2 aromatic carbocycles. The van der Waals surface area contributed by atoms with Gasteiger partial charge in [0.15, 0.2) is 18.1 Å². The molecule has 2 atom stereocenters. The lowest BCUT2D eigenvalue weighted by molar-refractivity contribution is -0.147. The highest BCUT2D eigenvalue weighted by Crippen LogP contribution is 2.28. The second kappa shape index (κ2) is 9.26. The molecular formula is C22H25NO5. The minimum Gasteiger partial charge on any atom is -0.485 e. The number of benzene rings is 2. The third-order valence-electron chi connectivity index (χ3n) is 4.80. The molecule has 1 heterocycles. The van der Waals surface area contributed by atoms with Crippen LogP contribution in [0.2, 0.25) is 0 Å². The first-order valence-corrected chi connectivity index (χ1v) is 9.42. The Labute approximate surface area is 164 Å². The Morgan fingerprint density at radius 2 is 1.64 bits per heavy atom. The lowest BCUT2D eigenvalue weighted by Crippen LogP contribution is -2.47. The van der Waals surface area contributed by atoms with Crippen molar-refractivity contribution in [3.63, 3.8) is 0 Å². The van der Waals surface area contributed by atoms with Crippen molar-refractivity contribution >= 4 is 11.9 Å². The largest absolute Gasteiger partial charge is 0.485 e. The molecule has 0 aliphatic carbocycles. The van der Waals surface area contributed by atoms with E-state index in [2.05, 4.69) is 0 Å². The Morgan fingerprint density at radius 1 is 1.00 bits per heavy atom. The summed E-state index contributed by atoms with van der Waals surface area (Å²) in [5.74, 6) is -0.378. The van der Waals surface area contributed by atoms with Gasteiger partial charge in [0.1, 0.15) is 6.61 Å². The minimum atomic E-state index is -0.857. The zero-order valence-corrected chi connectivity index (χ0v) is 15.9. The number of hydrogen-bond donors (Lipinski definition) is 1. The zero-order valence-electron chi connectivity index (χ0n) is 15.9. The quantitative estimate of drug-likeness (QED) is 0.795. The van der Waals surface area contributed by atoms with Crippen LogP contribution in [-0.4, -0.2) is 41.6 Å². The number of likely N-dealkylation sites (tertiary alicyclic amines) is 1. The van der Waals surface area contributed by atoms with E-state index in [1.165, 1.54) is 0 Å². The topological polar surface area (TPSA) is 76.1 Å². The van der Waals surface area contributed by atoms with Gasteiger partial charge in [-0.2, -0.15) is 0 Å². The summed E-state index contributed by atoms with van der Waals surface area (Å²) < 4.78 is 11.5. The number of carbonyl (C=O) groups excluding carboxylic acids is 1. The van der Waals surface area contributed by atoms with Gasteiger partial charge < -0.3 is 19.5 Å². The summed E-state index contributed by atoms with van der Waals surface area (Å²) in [7, 11) is 0. The van der Waals surface area contributed by atoms with Crippen LogP contribution in [0, 0.1) is 11.8 Å². The molecule has 2 aromatic rings. The second-order valence-corrected chi connectivity index (χ2v) is 7.18. The maximum Gasteiger partial charge on any atom is 0.308 e. The molecule has 2 unspecified atom stereocenters. The number of rotatable bonds is 7. The first kappa shape index (κ1) is 19.7. The van der Waals surface area contributed by atoms with E-state index in [-0.39, 0.29) is 25.0 Å². The smallest absolute Gasteiger partial charge is 0.308 e. The predicted molar refractivity (Wildman–Crippen MR) is 104 cm³/mol. The van der Waals surface area contributed by atoms with Crippen molar-refractivity contribution in [3.8, 4) is 11.5 Å². The van der Waals surface area contributed by atoms with E-state index < -0.39 is 11.9 Å². The molecule has 0 radical (unpaired) electrons. The average molecular weight is 383 g/mol. The molecule has 1 fully saturated rings. The summed E-state index contributed by atoms with van der Waals surface area (Å²) in [5, 5.41) is 9.27. The number of para-hydroxylation sites is 2. The highest BCUT2D eigenvalue weighted by Gasteiger charge is 2.32. The van der Waals surface area contributed by atoms with E-state index in [1.807, 2.05) is 49.4 Å². The fraction of sp³-hybridized carbons (Fsp3) is 0.364. The minimum absolute atomic E-state index is 0.148. The van der Waals surface area contributed by atoms with E-state index in [1.54, 1.807) is 17.0 Å². The summed E-state index contributed by atoms with van der Waals surface area (Å²) in [5.41, 5.74) is 1.04. The maximum absolute atomic E-state index is 12.5. The van der Waals surface area contributed by atoms with Crippen molar-refractivity contribution in [1.29, 1.82) is 0 Å². The van der Waals surface area contributed by atoms with Crippen molar-refractivity contribution in [2.75, 3.05) is 19.7 Å². The fourth-order valence-corrected chi connectivity index (χ4v) is 3.39. The lowest BCUT2D eigenvalue weighted by Gasteiger charge is -2.34. The van der Waals surface area contributed by atoms with Gasteiger partial charge in [-0.15, -0.1) is 0 Å². The van der Waals surface area contributed by atoms with Gasteiger partial charge in [0.25, 0.3) is 5.91 Å². The highest BCUT2D eigenvalue weighted by molar-refractivity contribution is 5.79. The fourth-order valence-electron chi connectivity index (χ4n) is 3.39. The number of nitrogens with zero attached hydrogens (tertiary/aromatic N) is 1. The Balaban J connectivity index is 1.58. The van der Waals surface area contributed by atoms with Crippen LogP contribution in [0.4, 0.5) is 0 Å². The van der Waals surface area contributed by atoms with Crippen molar-refractivity contribution in [3.05, 3.63) is 60.2 Å². The Hall–Kier alpha value is -3.02. The molecule has 148 valence electrons. The van der Waals surface area contributed by atoms with Gasteiger partial charge in [-0.05, 0) is 30.0 Å². The van der Waals surface area contributed by atoms with Crippen molar-refractivity contribution < 1.29 is 24.2 Å². The molecule has 3 rings (SSSR count). The Kier molecular flexibility index (Phi) is 6.53. The third-order valence-corrected chi connectivity index (χ3v) is 4.80. The number of carboxylic acid groups (broad SMARTS) is 1. The molecule has 0 bridgehead atoms. The van der Waals surface area contributed by atoms with Crippen molar-refractivity contribution in [2.24, 2.45) is 11.8 Å². The lowest BCUT2D eigenvalue weighted by atomic mass is 9.90. The summed E-state index contributed by atoms with van der Waals surface area (Å²) in [6.07, 6.45) is 0.593. The molecule has 6 heteroatoms. The highest BCUT2D eigenvalue weighted by atomic mass is 16.5. The van der Waals surface area contributed by atoms with Gasteiger partial charge in [0.05, 0.1) is 5.92 Å². The van der Waals surface area contributed by atoms with Gasteiger partial charge >= 0.3 is 5.97 Å². The van der Waals surface area contributed by atoms with E-state index in [0.717, 1.165) is 5.56 Å². The SMILES string of the molecule is CC1CC(C(=O)O)CN(C(=O)COc2ccccc2OCc2ccccc2)C1. The van der Waals surface area contributed by atoms with Gasteiger partial charge in [-0.25, -0.2) is 0 Å². The molecule has 1 saturated heterocycles. The molecule has 1 N–H and O–H groups in total. The normalized spacial score (nSPS) is 19.1. The summed E-state index contributed by atoms with van der Waals surface area (Å²) in [6, 6.07) is 17.0. The molecule has 1 aliphatic heterocycles. The molecule has 6 nitrogen and oxygen atoms in total.